The Morgan fingerprint density at radius 2 is 1.45 bits per heavy atom. The van der Waals surface area contributed by atoms with Gasteiger partial charge in [-0.1, -0.05) is 78.3 Å². The monoisotopic (exact) mass is 446 g/mol. The van der Waals surface area contributed by atoms with Gasteiger partial charge in [-0.25, -0.2) is 8.42 Å². The molecule has 0 amide bonds. The number of nitrogens with one attached hydrogen (secondary N) is 2. The first kappa shape index (κ1) is 19.8. The Morgan fingerprint density at radius 1 is 0.774 bits per heavy atom. The van der Waals surface area contributed by atoms with Crippen LogP contribution in [0.2, 0.25) is 5.02 Å². The zero-order chi connectivity index (χ0) is 21.4. The number of rotatable bonds is 5. The molecule has 0 saturated carbocycles. The number of halogens is 1. The Balaban J connectivity index is 1.66. The van der Waals surface area contributed by atoms with Crippen molar-refractivity contribution < 1.29 is 8.42 Å². The summed E-state index contributed by atoms with van der Waals surface area (Å²) >= 11 is 6.09. The number of hydrogen-bond acceptors (Lipinski definition) is 2. The maximum atomic E-state index is 13.6. The Hall–Kier alpha value is -3.12. The molecule has 0 spiro atoms. The lowest BCUT2D eigenvalue weighted by atomic mass is 9.99. The van der Waals surface area contributed by atoms with E-state index in [2.05, 4.69) is 9.71 Å². The number of benzene rings is 4. The molecule has 0 bridgehead atoms. The van der Waals surface area contributed by atoms with E-state index >= 15 is 0 Å². The van der Waals surface area contributed by atoms with Crippen LogP contribution in [0.25, 0.3) is 21.7 Å². The second kappa shape index (κ2) is 7.85. The molecule has 31 heavy (non-hydrogen) atoms. The summed E-state index contributed by atoms with van der Waals surface area (Å²) in [7, 11) is -3.84. The van der Waals surface area contributed by atoms with Crippen molar-refractivity contribution in [3.63, 3.8) is 0 Å². The lowest BCUT2D eigenvalue weighted by Crippen LogP contribution is -2.29. The summed E-state index contributed by atoms with van der Waals surface area (Å²) in [5.41, 5.74) is 2.60. The van der Waals surface area contributed by atoms with Crippen LogP contribution in [-0.4, -0.2) is 13.4 Å². The Kier molecular flexibility index (Phi) is 5.02. The van der Waals surface area contributed by atoms with Gasteiger partial charge in [0.15, 0.2) is 0 Å². The summed E-state index contributed by atoms with van der Waals surface area (Å²) < 4.78 is 30.1. The van der Waals surface area contributed by atoms with Gasteiger partial charge in [0, 0.05) is 27.5 Å². The van der Waals surface area contributed by atoms with Gasteiger partial charge < -0.3 is 4.98 Å². The van der Waals surface area contributed by atoms with Gasteiger partial charge in [-0.3, -0.25) is 0 Å². The number of aromatic nitrogens is 1. The van der Waals surface area contributed by atoms with E-state index in [-0.39, 0.29) is 4.90 Å². The van der Waals surface area contributed by atoms with E-state index in [1.54, 1.807) is 24.3 Å². The molecule has 0 aliphatic carbocycles. The minimum atomic E-state index is -3.84. The van der Waals surface area contributed by atoms with Gasteiger partial charge in [0.25, 0.3) is 0 Å². The molecule has 5 rings (SSSR count). The van der Waals surface area contributed by atoms with Crippen LogP contribution in [0.1, 0.15) is 17.2 Å². The largest absolute Gasteiger partial charge is 0.361 e. The van der Waals surface area contributed by atoms with E-state index < -0.39 is 16.1 Å². The third-order valence-electron chi connectivity index (χ3n) is 5.45. The molecular formula is C25H19ClN2O2S. The van der Waals surface area contributed by atoms with Gasteiger partial charge in [0.2, 0.25) is 10.0 Å². The Labute approximate surface area is 185 Å². The zero-order valence-electron chi connectivity index (χ0n) is 16.4. The topological polar surface area (TPSA) is 62.0 Å². The van der Waals surface area contributed by atoms with E-state index in [4.69, 9.17) is 11.6 Å². The molecule has 1 unspecified atom stereocenters. The first-order valence-corrected chi connectivity index (χ1v) is 11.7. The number of hydrogen-bond donors (Lipinski definition) is 2. The van der Waals surface area contributed by atoms with Gasteiger partial charge in [0.05, 0.1) is 10.9 Å². The van der Waals surface area contributed by atoms with Gasteiger partial charge in [0.1, 0.15) is 0 Å². The second-order valence-corrected chi connectivity index (χ2v) is 9.49. The fourth-order valence-corrected chi connectivity index (χ4v) is 5.51. The van der Waals surface area contributed by atoms with Crippen molar-refractivity contribution in [2.24, 2.45) is 0 Å². The van der Waals surface area contributed by atoms with Crippen LogP contribution in [-0.2, 0) is 10.0 Å². The summed E-state index contributed by atoms with van der Waals surface area (Å²) in [5.74, 6) is 0. The van der Waals surface area contributed by atoms with E-state index in [0.717, 1.165) is 27.4 Å². The number of para-hydroxylation sites is 1. The summed E-state index contributed by atoms with van der Waals surface area (Å²) in [6.45, 7) is 0. The molecular weight excluding hydrogens is 428 g/mol. The smallest absolute Gasteiger partial charge is 0.242 e. The fraction of sp³-hybridized carbons (Fsp3) is 0.0400. The van der Waals surface area contributed by atoms with Crippen molar-refractivity contribution in [3.8, 4) is 0 Å². The lowest BCUT2D eigenvalue weighted by Gasteiger charge is -2.20. The van der Waals surface area contributed by atoms with E-state index in [9.17, 15) is 8.42 Å². The van der Waals surface area contributed by atoms with Gasteiger partial charge >= 0.3 is 0 Å². The van der Waals surface area contributed by atoms with E-state index in [1.165, 1.54) is 0 Å². The minimum Gasteiger partial charge on any atom is -0.361 e. The van der Waals surface area contributed by atoms with Crippen LogP contribution in [0.5, 0.6) is 0 Å². The molecule has 5 aromatic rings. The highest BCUT2D eigenvalue weighted by Crippen LogP contribution is 2.32. The molecule has 1 heterocycles. The van der Waals surface area contributed by atoms with E-state index in [0.29, 0.717) is 10.4 Å². The summed E-state index contributed by atoms with van der Waals surface area (Å²) in [6, 6.07) is 27.3. The highest BCUT2D eigenvalue weighted by atomic mass is 35.5. The SMILES string of the molecule is O=S(=O)(NC(c1ccc(Cl)cc1)c1c[nH]c2ccccc12)c1cccc2ccccc12. The number of fused-ring (bicyclic) bond motifs is 2. The molecule has 0 radical (unpaired) electrons. The van der Waals surface area contributed by atoms with Crippen molar-refractivity contribution in [2.45, 2.75) is 10.9 Å². The predicted octanol–water partition coefficient (Wildman–Crippen LogP) is 6.04. The average molecular weight is 447 g/mol. The highest BCUT2D eigenvalue weighted by molar-refractivity contribution is 7.89. The molecule has 4 nitrogen and oxygen atoms in total. The fourth-order valence-electron chi connectivity index (χ4n) is 3.95. The maximum Gasteiger partial charge on any atom is 0.242 e. The molecule has 6 heteroatoms. The van der Waals surface area contributed by atoms with Crippen LogP contribution in [0.15, 0.2) is 102 Å². The second-order valence-electron chi connectivity index (χ2n) is 7.37. The molecule has 0 saturated heterocycles. The molecule has 0 aliphatic rings. The number of aromatic amines is 1. The normalized spacial score (nSPS) is 12.9. The summed E-state index contributed by atoms with van der Waals surface area (Å²) in [4.78, 5) is 3.50. The highest BCUT2D eigenvalue weighted by Gasteiger charge is 2.26. The van der Waals surface area contributed by atoms with Crippen LogP contribution >= 0.6 is 11.6 Å². The van der Waals surface area contributed by atoms with Crippen molar-refractivity contribution in [2.75, 3.05) is 0 Å². The van der Waals surface area contributed by atoms with Crippen molar-refractivity contribution in [3.05, 3.63) is 113 Å². The molecule has 0 aliphatic heterocycles. The van der Waals surface area contributed by atoms with Crippen molar-refractivity contribution in [1.82, 2.24) is 9.71 Å². The van der Waals surface area contributed by atoms with E-state index in [1.807, 2.05) is 72.9 Å². The maximum absolute atomic E-state index is 13.6. The predicted molar refractivity (Wildman–Crippen MR) is 126 cm³/mol. The lowest BCUT2D eigenvalue weighted by molar-refractivity contribution is 0.573. The third-order valence-corrected chi connectivity index (χ3v) is 7.18. The van der Waals surface area contributed by atoms with Gasteiger partial charge in [-0.15, -0.1) is 0 Å². The molecule has 0 fully saturated rings. The molecule has 154 valence electrons. The summed E-state index contributed by atoms with van der Waals surface area (Å²) in [5, 5.41) is 3.12. The quantitative estimate of drug-likeness (QED) is 0.345. The number of H-pyrrole nitrogens is 1. The van der Waals surface area contributed by atoms with Crippen LogP contribution in [0.3, 0.4) is 0 Å². The van der Waals surface area contributed by atoms with Gasteiger partial charge in [-0.2, -0.15) is 4.72 Å². The van der Waals surface area contributed by atoms with Crippen LogP contribution in [0.4, 0.5) is 0 Å². The van der Waals surface area contributed by atoms with Crippen LogP contribution in [0, 0.1) is 0 Å². The standard InChI is InChI=1S/C25H19ClN2O2S/c26-19-14-12-18(13-15-19)25(22-16-27-23-10-4-3-9-21(22)23)28-31(29,30)24-11-5-7-17-6-1-2-8-20(17)24/h1-16,25,27-28H. The molecule has 1 aromatic heterocycles. The average Bonchev–Trinajstić information content (AvgIpc) is 3.22. The number of sulfonamides is 1. The Morgan fingerprint density at radius 3 is 2.26 bits per heavy atom. The minimum absolute atomic E-state index is 0.254. The van der Waals surface area contributed by atoms with Crippen molar-refractivity contribution >= 4 is 43.3 Å². The molecule has 1 atom stereocenters. The molecule has 4 aromatic carbocycles. The van der Waals surface area contributed by atoms with Crippen LogP contribution < -0.4 is 4.72 Å². The summed E-state index contributed by atoms with van der Waals surface area (Å²) in [6.07, 6.45) is 1.86. The Bertz CT molecular complexity index is 1490. The molecule has 2 N–H and O–H groups in total. The first-order chi connectivity index (χ1) is 15.0. The third kappa shape index (κ3) is 3.72. The zero-order valence-corrected chi connectivity index (χ0v) is 18.0. The van der Waals surface area contributed by atoms with Gasteiger partial charge in [-0.05, 0) is 40.8 Å². The van der Waals surface area contributed by atoms with Crippen molar-refractivity contribution in [1.29, 1.82) is 0 Å². The first-order valence-electron chi connectivity index (χ1n) is 9.84.